The van der Waals surface area contributed by atoms with E-state index in [2.05, 4.69) is 15.4 Å². The first-order chi connectivity index (χ1) is 9.44. The standard InChI is InChI=1S/C13H19N3O3S.ClH/c1-9(16-13(17)11-7-15-8-11)10-3-5-12(6-4-10)20(18,19)14-2;/h3-6,9,11,14-15H,7-8H2,1-2H3,(H,16,17);1H. The van der Waals surface area contributed by atoms with Crippen LogP contribution in [0.5, 0.6) is 0 Å². The number of amides is 1. The number of halogens is 1. The van der Waals surface area contributed by atoms with Crippen LogP contribution in [0.3, 0.4) is 0 Å². The third kappa shape index (κ3) is 4.16. The topological polar surface area (TPSA) is 87.3 Å². The first kappa shape index (κ1) is 17.9. The predicted molar refractivity (Wildman–Crippen MR) is 82.9 cm³/mol. The van der Waals surface area contributed by atoms with Crippen LogP contribution in [0.25, 0.3) is 0 Å². The third-order valence-electron chi connectivity index (χ3n) is 3.47. The Morgan fingerprint density at radius 1 is 1.29 bits per heavy atom. The Morgan fingerprint density at radius 2 is 1.86 bits per heavy atom. The van der Waals surface area contributed by atoms with Gasteiger partial charge in [-0.1, -0.05) is 12.1 Å². The van der Waals surface area contributed by atoms with Gasteiger partial charge in [0.15, 0.2) is 0 Å². The van der Waals surface area contributed by atoms with E-state index >= 15 is 0 Å². The molecule has 21 heavy (non-hydrogen) atoms. The summed E-state index contributed by atoms with van der Waals surface area (Å²) in [4.78, 5) is 12.0. The number of sulfonamides is 1. The molecule has 1 aliphatic rings. The zero-order valence-electron chi connectivity index (χ0n) is 11.9. The molecule has 1 amide bonds. The molecule has 0 aromatic heterocycles. The van der Waals surface area contributed by atoms with Gasteiger partial charge >= 0.3 is 0 Å². The molecule has 0 saturated carbocycles. The molecule has 1 heterocycles. The highest BCUT2D eigenvalue weighted by Gasteiger charge is 2.25. The summed E-state index contributed by atoms with van der Waals surface area (Å²) in [5.41, 5.74) is 0.876. The fraction of sp³-hybridized carbons (Fsp3) is 0.462. The number of nitrogens with one attached hydrogen (secondary N) is 3. The van der Waals surface area contributed by atoms with Crippen molar-refractivity contribution < 1.29 is 13.2 Å². The Morgan fingerprint density at radius 3 is 2.29 bits per heavy atom. The Labute approximate surface area is 131 Å². The predicted octanol–water partition coefficient (Wildman–Crippen LogP) is 0.413. The maximum Gasteiger partial charge on any atom is 0.240 e. The van der Waals surface area contributed by atoms with E-state index in [0.29, 0.717) is 0 Å². The number of rotatable bonds is 5. The highest BCUT2D eigenvalue weighted by Crippen LogP contribution is 2.17. The van der Waals surface area contributed by atoms with E-state index in [1.54, 1.807) is 12.1 Å². The number of carbonyl (C=O) groups is 1. The van der Waals surface area contributed by atoms with Crippen LogP contribution in [0.1, 0.15) is 18.5 Å². The highest BCUT2D eigenvalue weighted by atomic mass is 35.5. The second-order valence-corrected chi connectivity index (χ2v) is 6.75. The average Bonchev–Trinajstić information content (AvgIpc) is 2.36. The Balaban J connectivity index is 0.00000220. The molecular weight excluding hydrogens is 314 g/mol. The van der Waals surface area contributed by atoms with E-state index < -0.39 is 10.0 Å². The molecule has 1 aromatic rings. The second-order valence-electron chi connectivity index (χ2n) is 4.86. The van der Waals surface area contributed by atoms with Crippen LogP contribution < -0.4 is 15.4 Å². The fourth-order valence-electron chi connectivity index (χ4n) is 1.94. The molecule has 3 N–H and O–H groups in total. The van der Waals surface area contributed by atoms with E-state index in [9.17, 15) is 13.2 Å². The minimum absolute atomic E-state index is 0. The molecule has 1 saturated heterocycles. The van der Waals surface area contributed by atoms with Crippen molar-refractivity contribution in [3.63, 3.8) is 0 Å². The average molecular weight is 334 g/mol. The maximum atomic E-state index is 11.8. The molecule has 1 aromatic carbocycles. The van der Waals surface area contributed by atoms with Crippen LogP contribution in [0.4, 0.5) is 0 Å². The first-order valence-electron chi connectivity index (χ1n) is 6.48. The van der Waals surface area contributed by atoms with E-state index in [-0.39, 0.29) is 35.2 Å². The summed E-state index contributed by atoms with van der Waals surface area (Å²) in [6.45, 7) is 3.32. The molecule has 1 aliphatic heterocycles. The van der Waals surface area contributed by atoms with Crippen molar-refractivity contribution in [2.24, 2.45) is 5.92 Å². The Kier molecular flexibility index (Phi) is 6.15. The molecule has 0 radical (unpaired) electrons. The minimum atomic E-state index is -3.42. The molecule has 0 aliphatic carbocycles. The van der Waals surface area contributed by atoms with Crippen molar-refractivity contribution in [1.29, 1.82) is 0 Å². The Bertz CT molecular complexity index is 585. The maximum absolute atomic E-state index is 11.8. The lowest BCUT2D eigenvalue weighted by Gasteiger charge is -2.27. The van der Waals surface area contributed by atoms with Crippen LogP contribution in [0.15, 0.2) is 29.2 Å². The number of benzene rings is 1. The van der Waals surface area contributed by atoms with Crippen molar-refractivity contribution in [2.75, 3.05) is 20.1 Å². The van der Waals surface area contributed by atoms with E-state index in [1.165, 1.54) is 19.2 Å². The molecule has 0 bridgehead atoms. The van der Waals surface area contributed by atoms with Crippen molar-refractivity contribution in [1.82, 2.24) is 15.4 Å². The van der Waals surface area contributed by atoms with Gasteiger partial charge in [-0.3, -0.25) is 4.79 Å². The van der Waals surface area contributed by atoms with Gasteiger partial charge in [0, 0.05) is 13.1 Å². The van der Waals surface area contributed by atoms with E-state index in [1.807, 2.05) is 6.92 Å². The summed E-state index contributed by atoms with van der Waals surface area (Å²) in [7, 11) is -2.04. The molecule has 1 unspecified atom stereocenters. The first-order valence-corrected chi connectivity index (χ1v) is 7.97. The number of carbonyl (C=O) groups excluding carboxylic acids is 1. The zero-order valence-corrected chi connectivity index (χ0v) is 13.6. The monoisotopic (exact) mass is 333 g/mol. The molecule has 1 fully saturated rings. The lowest BCUT2D eigenvalue weighted by molar-refractivity contribution is -0.127. The van der Waals surface area contributed by atoms with Crippen molar-refractivity contribution in [3.05, 3.63) is 29.8 Å². The van der Waals surface area contributed by atoms with Gasteiger partial charge in [0.05, 0.1) is 16.9 Å². The largest absolute Gasteiger partial charge is 0.349 e. The molecule has 1 atom stereocenters. The molecule has 2 rings (SSSR count). The van der Waals surface area contributed by atoms with Crippen LogP contribution in [-0.4, -0.2) is 34.5 Å². The van der Waals surface area contributed by atoms with Gasteiger partial charge in [-0.15, -0.1) is 12.4 Å². The van der Waals surface area contributed by atoms with Gasteiger partial charge in [-0.2, -0.15) is 0 Å². The lowest BCUT2D eigenvalue weighted by Crippen LogP contribution is -2.51. The van der Waals surface area contributed by atoms with Crippen molar-refractivity contribution >= 4 is 28.3 Å². The number of hydrogen-bond acceptors (Lipinski definition) is 4. The Hall–Kier alpha value is -1.15. The minimum Gasteiger partial charge on any atom is -0.349 e. The molecule has 118 valence electrons. The molecule has 0 spiro atoms. The zero-order chi connectivity index (χ0) is 14.8. The molecular formula is C13H20ClN3O3S. The molecule has 8 heteroatoms. The van der Waals surface area contributed by atoms with Gasteiger partial charge in [0.1, 0.15) is 0 Å². The van der Waals surface area contributed by atoms with Gasteiger partial charge < -0.3 is 10.6 Å². The van der Waals surface area contributed by atoms with Crippen LogP contribution in [0.2, 0.25) is 0 Å². The third-order valence-corrected chi connectivity index (χ3v) is 4.90. The van der Waals surface area contributed by atoms with Crippen LogP contribution >= 0.6 is 12.4 Å². The SMILES string of the molecule is CNS(=O)(=O)c1ccc(C(C)NC(=O)C2CNC2)cc1.Cl. The normalized spacial score (nSPS) is 16.5. The summed E-state index contributed by atoms with van der Waals surface area (Å²) < 4.78 is 25.5. The summed E-state index contributed by atoms with van der Waals surface area (Å²) >= 11 is 0. The summed E-state index contributed by atoms with van der Waals surface area (Å²) in [5, 5.41) is 5.98. The highest BCUT2D eigenvalue weighted by molar-refractivity contribution is 7.89. The lowest BCUT2D eigenvalue weighted by atomic mass is 10.0. The van der Waals surface area contributed by atoms with E-state index in [0.717, 1.165) is 18.7 Å². The smallest absolute Gasteiger partial charge is 0.240 e. The fourth-order valence-corrected chi connectivity index (χ4v) is 2.67. The van der Waals surface area contributed by atoms with E-state index in [4.69, 9.17) is 0 Å². The molecule has 6 nitrogen and oxygen atoms in total. The van der Waals surface area contributed by atoms with Gasteiger partial charge in [-0.25, -0.2) is 13.1 Å². The van der Waals surface area contributed by atoms with Gasteiger partial charge in [0.25, 0.3) is 0 Å². The van der Waals surface area contributed by atoms with Crippen LogP contribution in [-0.2, 0) is 14.8 Å². The quantitative estimate of drug-likeness (QED) is 0.728. The summed E-state index contributed by atoms with van der Waals surface area (Å²) in [6.07, 6.45) is 0. The van der Waals surface area contributed by atoms with Gasteiger partial charge in [0.2, 0.25) is 15.9 Å². The summed E-state index contributed by atoms with van der Waals surface area (Å²) in [5.74, 6) is 0.0737. The van der Waals surface area contributed by atoms with Crippen LogP contribution in [0, 0.1) is 5.92 Å². The van der Waals surface area contributed by atoms with Crippen molar-refractivity contribution in [2.45, 2.75) is 17.9 Å². The van der Waals surface area contributed by atoms with Crippen molar-refractivity contribution in [3.8, 4) is 0 Å². The number of hydrogen-bond donors (Lipinski definition) is 3. The second kappa shape index (κ2) is 7.22. The van der Waals surface area contributed by atoms with Gasteiger partial charge in [-0.05, 0) is 31.7 Å². The summed E-state index contributed by atoms with van der Waals surface area (Å²) in [6, 6.07) is 6.36.